The molecule has 0 aromatic heterocycles. The molecule has 1 aliphatic heterocycles. The number of hydrogen-bond acceptors (Lipinski definition) is 4. The average molecular weight is 507 g/mol. The van der Waals surface area contributed by atoms with E-state index < -0.39 is 6.04 Å². The molecule has 1 aliphatic rings. The van der Waals surface area contributed by atoms with E-state index in [4.69, 9.17) is 21.1 Å². The number of carbonyl (C=O) groups is 2. The van der Waals surface area contributed by atoms with E-state index in [1.165, 1.54) is 0 Å². The van der Waals surface area contributed by atoms with E-state index in [1.807, 2.05) is 67.6 Å². The lowest BCUT2D eigenvalue weighted by Crippen LogP contribution is -2.50. The molecule has 3 aromatic carbocycles. The van der Waals surface area contributed by atoms with Crippen LogP contribution in [0.15, 0.2) is 72.8 Å². The van der Waals surface area contributed by atoms with E-state index in [2.05, 4.69) is 5.32 Å². The molecule has 0 spiro atoms. The van der Waals surface area contributed by atoms with Gasteiger partial charge in [0.25, 0.3) is 0 Å². The van der Waals surface area contributed by atoms with Crippen LogP contribution < -0.4 is 14.8 Å². The normalized spacial score (nSPS) is 13.1. The number of aryl methyl sites for hydroxylation is 1. The Balaban J connectivity index is 1.57. The smallest absolute Gasteiger partial charge is 0.243 e. The number of amides is 2. The number of halogens is 1. The minimum absolute atomic E-state index is 0.0907. The van der Waals surface area contributed by atoms with E-state index in [-0.39, 0.29) is 18.2 Å². The summed E-state index contributed by atoms with van der Waals surface area (Å²) in [6.45, 7) is 3.73. The lowest BCUT2D eigenvalue weighted by molar-refractivity contribution is -0.141. The summed E-state index contributed by atoms with van der Waals surface area (Å²) in [7, 11) is 0. The van der Waals surface area contributed by atoms with Crippen molar-refractivity contribution in [3.05, 3.63) is 94.5 Å². The molecule has 188 valence electrons. The molecule has 0 bridgehead atoms. The Labute approximate surface area is 217 Å². The zero-order valence-corrected chi connectivity index (χ0v) is 21.2. The van der Waals surface area contributed by atoms with Crippen molar-refractivity contribution in [3.8, 4) is 11.5 Å². The Morgan fingerprint density at radius 2 is 1.61 bits per heavy atom. The quantitative estimate of drug-likeness (QED) is 0.428. The zero-order valence-electron chi connectivity index (χ0n) is 20.4. The first-order valence-corrected chi connectivity index (χ1v) is 12.7. The molecule has 4 rings (SSSR count). The third-order valence-electron chi connectivity index (χ3n) is 6.12. The number of ether oxygens (including phenoxy) is 2. The van der Waals surface area contributed by atoms with Crippen LogP contribution in [-0.2, 0) is 29.0 Å². The number of nitrogens with one attached hydrogen (secondary N) is 1. The van der Waals surface area contributed by atoms with Crippen LogP contribution in [0.5, 0.6) is 11.5 Å². The SMILES string of the molecule is CCNC(=O)[C@H](Cc1ccccc1)N(Cc1ccc(Cl)cc1)C(=O)CCc1ccc2c(c1)OCCO2. The summed E-state index contributed by atoms with van der Waals surface area (Å²) < 4.78 is 11.3. The van der Waals surface area contributed by atoms with Gasteiger partial charge in [0.05, 0.1) is 0 Å². The standard InChI is InChI=1S/C29H31ClN2O4/c1-2-31-29(34)25(18-21-6-4-3-5-7-21)32(20-23-8-12-24(30)13-9-23)28(33)15-11-22-10-14-26-27(19-22)36-17-16-35-26/h3-10,12-14,19,25H,2,11,15-18,20H2,1H3,(H,31,34)/t25-/m0/s1. The number of likely N-dealkylation sites (N-methyl/N-ethyl adjacent to an activating group) is 1. The van der Waals surface area contributed by atoms with E-state index in [0.717, 1.165) is 22.4 Å². The van der Waals surface area contributed by atoms with Crippen LogP contribution in [0.25, 0.3) is 0 Å². The fraction of sp³-hybridized carbons (Fsp3) is 0.310. The fourth-order valence-corrected chi connectivity index (χ4v) is 4.40. The first-order chi connectivity index (χ1) is 17.5. The highest BCUT2D eigenvalue weighted by molar-refractivity contribution is 6.30. The van der Waals surface area contributed by atoms with Crippen molar-refractivity contribution in [1.29, 1.82) is 0 Å². The number of fused-ring (bicyclic) bond motifs is 1. The van der Waals surface area contributed by atoms with Crippen LogP contribution in [0.2, 0.25) is 5.02 Å². The van der Waals surface area contributed by atoms with Crippen LogP contribution in [0.3, 0.4) is 0 Å². The molecule has 36 heavy (non-hydrogen) atoms. The van der Waals surface area contributed by atoms with Gasteiger partial charge in [0.2, 0.25) is 11.8 Å². The van der Waals surface area contributed by atoms with Crippen molar-refractivity contribution in [2.24, 2.45) is 0 Å². The monoisotopic (exact) mass is 506 g/mol. The molecule has 0 fully saturated rings. The van der Waals surface area contributed by atoms with Gasteiger partial charge in [-0.2, -0.15) is 0 Å². The summed E-state index contributed by atoms with van der Waals surface area (Å²) in [5.41, 5.74) is 2.89. The second-order valence-corrected chi connectivity index (χ2v) is 9.16. The Hall–Kier alpha value is -3.51. The summed E-state index contributed by atoms with van der Waals surface area (Å²) in [5, 5.41) is 3.54. The van der Waals surface area contributed by atoms with Crippen molar-refractivity contribution in [3.63, 3.8) is 0 Å². The van der Waals surface area contributed by atoms with Crippen molar-refractivity contribution in [2.75, 3.05) is 19.8 Å². The molecular weight excluding hydrogens is 476 g/mol. The van der Waals surface area contributed by atoms with Crippen molar-refractivity contribution < 1.29 is 19.1 Å². The van der Waals surface area contributed by atoms with Crippen LogP contribution in [-0.4, -0.2) is 42.5 Å². The van der Waals surface area contributed by atoms with Crippen LogP contribution in [0.4, 0.5) is 0 Å². The molecule has 0 saturated carbocycles. The molecule has 0 radical (unpaired) electrons. The van der Waals surface area contributed by atoms with Gasteiger partial charge in [0, 0.05) is 31.0 Å². The number of nitrogens with zero attached hydrogens (tertiary/aromatic N) is 1. The molecule has 7 heteroatoms. The first kappa shape index (κ1) is 25.6. The largest absolute Gasteiger partial charge is 0.486 e. The van der Waals surface area contributed by atoms with Crippen LogP contribution in [0, 0.1) is 0 Å². The van der Waals surface area contributed by atoms with Crippen molar-refractivity contribution in [1.82, 2.24) is 10.2 Å². The van der Waals surface area contributed by atoms with Crippen LogP contribution in [0.1, 0.15) is 30.0 Å². The van der Waals surface area contributed by atoms with E-state index in [0.29, 0.717) is 49.9 Å². The highest BCUT2D eigenvalue weighted by Crippen LogP contribution is 2.31. The third kappa shape index (κ3) is 6.79. The number of hydrogen-bond donors (Lipinski definition) is 1. The van der Waals surface area contributed by atoms with Crippen LogP contribution >= 0.6 is 11.6 Å². The Bertz CT molecular complexity index is 1170. The Morgan fingerprint density at radius 1 is 0.917 bits per heavy atom. The molecule has 1 atom stereocenters. The number of benzene rings is 3. The second-order valence-electron chi connectivity index (χ2n) is 8.73. The minimum Gasteiger partial charge on any atom is -0.486 e. The van der Waals surface area contributed by atoms with Gasteiger partial charge in [0.15, 0.2) is 11.5 Å². The molecule has 2 amide bonds. The molecule has 6 nitrogen and oxygen atoms in total. The minimum atomic E-state index is -0.643. The maximum atomic E-state index is 13.7. The van der Waals surface area contributed by atoms with E-state index in [1.54, 1.807) is 17.0 Å². The van der Waals surface area contributed by atoms with Gasteiger partial charge in [0.1, 0.15) is 19.3 Å². The van der Waals surface area contributed by atoms with Gasteiger partial charge >= 0.3 is 0 Å². The van der Waals surface area contributed by atoms with Crippen molar-refractivity contribution in [2.45, 2.75) is 38.8 Å². The van der Waals surface area contributed by atoms with E-state index >= 15 is 0 Å². The summed E-state index contributed by atoms with van der Waals surface area (Å²) in [4.78, 5) is 28.6. The number of carbonyl (C=O) groups excluding carboxylic acids is 2. The lowest BCUT2D eigenvalue weighted by atomic mass is 10.0. The highest BCUT2D eigenvalue weighted by atomic mass is 35.5. The molecular formula is C29H31ClN2O4. The van der Waals surface area contributed by atoms with Gasteiger partial charge < -0.3 is 19.7 Å². The molecule has 1 heterocycles. The number of rotatable bonds is 10. The molecule has 0 unspecified atom stereocenters. The fourth-order valence-electron chi connectivity index (χ4n) is 4.27. The summed E-state index contributed by atoms with van der Waals surface area (Å²) >= 11 is 6.08. The molecule has 3 aromatic rings. The van der Waals surface area contributed by atoms with Gasteiger partial charge in [-0.1, -0.05) is 60.1 Å². The Kier molecular flexibility index (Phi) is 8.85. The highest BCUT2D eigenvalue weighted by Gasteiger charge is 2.30. The predicted molar refractivity (Wildman–Crippen MR) is 140 cm³/mol. The van der Waals surface area contributed by atoms with E-state index in [9.17, 15) is 9.59 Å². The molecule has 0 saturated heterocycles. The predicted octanol–water partition coefficient (Wildman–Crippen LogP) is 4.82. The summed E-state index contributed by atoms with van der Waals surface area (Å²) in [5.74, 6) is 1.17. The second kappa shape index (κ2) is 12.5. The van der Waals surface area contributed by atoms with Gasteiger partial charge in [-0.3, -0.25) is 9.59 Å². The maximum absolute atomic E-state index is 13.7. The topological polar surface area (TPSA) is 67.9 Å². The summed E-state index contributed by atoms with van der Waals surface area (Å²) in [6, 6.07) is 22.3. The summed E-state index contributed by atoms with van der Waals surface area (Å²) in [6.07, 6.45) is 1.22. The molecule has 0 aliphatic carbocycles. The lowest BCUT2D eigenvalue weighted by Gasteiger charge is -2.31. The average Bonchev–Trinajstić information content (AvgIpc) is 2.91. The molecule has 1 N–H and O–H groups in total. The third-order valence-corrected chi connectivity index (χ3v) is 6.37. The van der Waals surface area contributed by atoms with Gasteiger partial charge in [-0.05, 0) is 54.3 Å². The zero-order chi connectivity index (χ0) is 25.3. The van der Waals surface area contributed by atoms with Gasteiger partial charge in [-0.25, -0.2) is 0 Å². The van der Waals surface area contributed by atoms with Crippen molar-refractivity contribution >= 4 is 23.4 Å². The van der Waals surface area contributed by atoms with Gasteiger partial charge in [-0.15, -0.1) is 0 Å². The maximum Gasteiger partial charge on any atom is 0.243 e. The first-order valence-electron chi connectivity index (χ1n) is 12.3. The Morgan fingerprint density at radius 3 is 2.33 bits per heavy atom.